The van der Waals surface area contributed by atoms with Crippen molar-refractivity contribution < 1.29 is 9.21 Å². The van der Waals surface area contributed by atoms with Gasteiger partial charge in [0.15, 0.2) is 16.9 Å². The Morgan fingerprint density at radius 3 is 2.96 bits per heavy atom. The van der Waals surface area contributed by atoms with Gasteiger partial charge in [-0.1, -0.05) is 0 Å². The number of nitrogens with one attached hydrogen (secondary N) is 2. The third-order valence-corrected chi connectivity index (χ3v) is 5.13. The molecule has 142 valence electrons. The van der Waals surface area contributed by atoms with Crippen LogP contribution in [0.2, 0.25) is 0 Å². The van der Waals surface area contributed by atoms with E-state index in [9.17, 15) is 4.79 Å². The lowest BCUT2D eigenvalue weighted by molar-refractivity contribution is 0.247. The largest absolute Gasteiger partial charge is 0.458 e. The van der Waals surface area contributed by atoms with E-state index in [1.54, 1.807) is 23.5 Å². The predicted molar refractivity (Wildman–Crippen MR) is 107 cm³/mol. The van der Waals surface area contributed by atoms with Gasteiger partial charge in [0, 0.05) is 29.4 Å². The highest BCUT2D eigenvalue weighted by Crippen LogP contribution is 2.26. The molecule has 0 aliphatic heterocycles. The van der Waals surface area contributed by atoms with E-state index in [4.69, 9.17) is 15.9 Å². The lowest BCUT2D eigenvalue weighted by Crippen LogP contribution is -2.28. The maximum absolute atomic E-state index is 10.7. The highest BCUT2D eigenvalue weighted by Gasteiger charge is 2.10. The third kappa shape index (κ3) is 5.53. The second-order valence-electron chi connectivity index (χ2n) is 5.51. The molecule has 3 heterocycles. The topological polar surface area (TPSA) is 144 Å². The predicted octanol–water partition coefficient (Wildman–Crippen LogP) is 2.31. The number of primary amides is 1. The van der Waals surface area contributed by atoms with Gasteiger partial charge in [-0.25, -0.2) is 14.8 Å². The average Bonchev–Trinajstić information content (AvgIpc) is 3.34. The summed E-state index contributed by atoms with van der Waals surface area (Å²) in [5.41, 5.74) is 11.6. The number of urea groups is 1. The van der Waals surface area contributed by atoms with Gasteiger partial charge < -0.3 is 26.5 Å². The number of aryl methyl sites for hydroxylation is 1. The molecule has 0 saturated carbocycles. The zero-order chi connectivity index (χ0) is 19.2. The number of aliphatic imine (C=N–C) groups is 1. The van der Waals surface area contributed by atoms with Crippen LogP contribution >= 0.6 is 22.7 Å². The van der Waals surface area contributed by atoms with Gasteiger partial charge in [-0.3, -0.25) is 4.99 Å². The van der Waals surface area contributed by atoms with Crippen LogP contribution in [0, 0.1) is 6.92 Å². The molecule has 2 amide bonds. The van der Waals surface area contributed by atoms with Gasteiger partial charge in [0.1, 0.15) is 11.5 Å². The summed E-state index contributed by atoms with van der Waals surface area (Å²) in [4.78, 5) is 24.9. The van der Waals surface area contributed by atoms with Crippen LogP contribution < -0.4 is 22.1 Å². The molecule has 11 heteroatoms. The summed E-state index contributed by atoms with van der Waals surface area (Å²) in [6, 6.07) is 2.94. The lowest BCUT2D eigenvalue weighted by Gasteiger charge is -2.01. The second kappa shape index (κ2) is 8.64. The van der Waals surface area contributed by atoms with Crippen molar-refractivity contribution in [3.63, 3.8) is 0 Å². The zero-order valence-electron chi connectivity index (χ0n) is 14.6. The summed E-state index contributed by atoms with van der Waals surface area (Å²) in [5, 5.41) is 8.96. The van der Waals surface area contributed by atoms with Gasteiger partial charge in [0.2, 0.25) is 0 Å². The van der Waals surface area contributed by atoms with E-state index < -0.39 is 6.03 Å². The number of rotatable bonds is 7. The quantitative estimate of drug-likeness (QED) is 0.351. The number of thiazole rings is 2. The van der Waals surface area contributed by atoms with Crippen molar-refractivity contribution in [2.45, 2.75) is 19.9 Å². The fraction of sp³-hybridized carbons (Fsp3) is 0.250. The SMILES string of the molecule is Cc1ncc(CCN=C(N)Nc2nc(-c3ccc(CNC(N)=O)o3)cs2)s1. The maximum atomic E-state index is 10.7. The molecular formula is C16H19N7O2S2. The van der Waals surface area contributed by atoms with Crippen molar-refractivity contribution >= 4 is 39.8 Å². The van der Waals surface area contributed by atoms with E-state index in [0.717, 1.165) is 11.4 Å². The molecule has 0 unspecified atom stereocenters. The molecule has 0 radical (unpaired) electrons. The fourth-order valence-electron chi connectivity index (χ4n) is 2.19. The van der Waals surface area contributed by atoms with Crippen molar-refractivity contribution in [1.29, 1.82) is 0 Å². The molecule has 0 spiro atoms. The maximum Gasteiger partial charge on any atom is 0.312 e. The van der Waals surface area contributed by atoms with E-state index in [2.05, 4.69) is 25.6 Å². The summed E-state index contributed by atoms with van der Waals surface area (Å²) in [5.74, 6) is 1.49. The number of nitrogens with zero attached hydrogens (tertiary/aromatic N) is 3. The van der Waals surface area contributed by atoms with E-state index in [-0.39, 0.29) is 6.54 Å². The Morgan fingerprint density at radius 2 is 2.22 bits per heavy atom. The van der Waals surface area contributed by atoms with Gasteiger partial charge in [0.05, 0.1) is 11.6 Å². The number of guanidine groups is 1. The molecule has 3 aromatic heterocycles. The second-order valence-corrected chi connectivity index (χ2v) is 7.69. The van der Waals surface area contributed by atoms with Crippen LogP contribution in [0.3, 0.4) is 0 Å². The van der Waals surface area contributed by atoms with Crippen LogP contribution in [0.1, 0.15) is 15.6 Å². The Balaban J connectivity index is 1.54. The number of nitrogens with two attached hydrogens (primary N) is 2. The van der Waals surface area contributed by atoms with Gasteiger partial charge in [-0.05, 0) is 19.1 Å². The number of anilines is 1. The molecule has 3 aromatic rings. The number of furan rings is 1. The molecule has 6 N–H and O–H groups in total. The van der Waals surface area contributed by atoms with E-state index in [1.165, 1.54) is 16.2 Å². The number of hydrogen-bond acceptors (Lipinski definition) is 7. The number of aromatic nitrogens is 2. The molecule has 0 fully saturated rings. The van der Waals surface area contributed by atoms with Crippen LogP contribution in [0.15, 0.2) is 33.1 Å². The monoisotopic (exact) mass is 405 g/mol. The normalized spacial score (nSPS) is 11.5. The Kier molecular flexibility index (Phi) is 6.04. The van der Waals surface area contributed by atoms with E-state index >= 15 is 0 Å². The molecule has 0 saturated heterocycles. The molecule has 0 bridgehead atoms. The van der Waals surface area contributed by atoms with Gasteiger partial charge in [-0.15, -0.1) is 22.7 Å². The van der Waals surface area contributed by atoms with Crippen LogP contribution in [-0.2, 0) is 13.0 Å². The molecule has 0 atom stereocenters. The Hall–Kier alpha value is -2.92. The molecule has 0 aliphatic rings. The van der Waals surface area contributed by atoms with Crippen molar-refractivity contribution in [3.8, 4) is 11.5 Å². The molecule has 9 nitrogen and oxygen atoms in total. The summed E-state index contributed by atoms with van der Waals surface area (Å²) >= 11 is 3.05. The Labute approximate surface area is 163 Å². The summed E-state index contributed by atoms with van der Waals surface area (Å²) in [6.07, 6.45) is 2.66. The van der Waals surface area contributed by atoms with Crippen LogP contribution in [0.4, 0.5) is 9.93 Å². The Morgan fingerprint density at radius 1 is 1.37 bits per heavy atom. The van der Waals surface area contributed by atoms with E-state index in [1.807, 2.05) is 18.5 Å². The average molecular weight is 406 g/mol. The lowest BCUT2D eigenvalue weighted by atomic mass is 10.3. The number of carbonyl (C=O) groups excluding carboxylic acids is 1. The first-order valence-electron chi connectivity index (χ1n) is 8.06. The van der Waals surface area contributed by atoms with Crippen molar-refractivity contribution in [3.05, 3.63) is 39.4 Å². The van der Waals surface area contributed by atoms with Crippen LogP contribution in [0.25, 0.3) is 11.5 Å². The standard InChI is InChI=1S/C16H19N7O2S2/c1-9-20-7-11(27-9)4-5-19-14(17)23-16-22-12(8-26-16)13-3-2-10(25-13)6-21-15(18)24/h2-3,7-8H,4-6H2,1H3,(H3,18,21,24)(H3,17,19,22,23). The summed E-state index contributed by atoms with van der Waals surface area (Å²) in [7, 11) is 0. The first-order valence-corrected chi connectivity index (χ1v) is 9.75. The highest BCUT2D eigenvalue weighted by atomic mass is 32.1. The minimum atomic E-state index is -0.603. The Bertz CT molecular complexity index is 944. The smallest absolute Gasteiger partial charge is 0.312 e. The summed E-state index contributed by atoms with van der Waals surface area (Å²) in [6.45, 7) is 2.78. The summed E-state index contributed by atoms with van der Waals surface area (Å²) < 4.78 is 5.63. The minimum Gasteiger partial charge on any atom is -0.458 e. The van der Waals surface area contributed by atoms with Gasteiger partial charge >= 0.3 is 6.03 Å². The number of amides is 2. The van der Waals surface area contributed by atoms with Crippen molar-refractivity contribution in [2.24, 2.45) is 16.5 Å². The first kappa shape index (κ1) is 18.9. The van der Waals surface area contributed by atoms with Crippen LogP contribution in [0.5, 0.6) is 0 Å². The molecule has 0 aliphatic carbocycles. The molecule has 3 rings (SSSR count). The van der Waals surface area contributed by atoms with E-state index in [0.29, 0.717) is 34.9 Å². The molecule has 27 heavy (non-hydrogen) atoms. The van der Waals surface area contributed by atoms with Crippen molar-refractivity contribution in [1.82, 2.24) is 15.3 Å². The molecule has 0 aromatic carbocycles. The zero-order valence-corrected chi connectivity index (χ0v) is 16.2. The third-order valence-electron chi connectivity index (χ3n) is 3.40. The van der Waals surface area contributed by atoms with Gasteiger partial charge in [-0.2, -0.15) is 0 Å². The highest BCUT2D eigenvalue weighted by molar-refractivity contribution is 7.14. The fourth-order valence-corrected chi connectivity index (χ4v) is 3.68. The number of hydrogen-bond donors (Lipinski definition) is 4. The first-order chi connectivity index (χ1) is 13.0. The van der Waals surface area contributed by atoms with Gasteiger partial charge in [0.25, 0.3) is 0 Å². The number of carbonyl (C=O) groups is 1. The van der Waals surface area contributed by atoms with Crippen molar-refractivity contribution in [2.75, 3.05) is 11.9 Å². The van der Waals surface area contributed by atoms with Crippen LogP contribution in [-0.4, -0.2) is 28.5 Å². The minimum absolute atomic E-state index is 0.226. The molecular weight excluding hydrogens is 386 g/mol.